The van der Waals surface area contributed by atoms with E-state index in [2.05, 4.69) is 15.6 Å². The van der Waals surface area contributed by atoms with E-state index in [0.717, 1.165) is 28.7 Å². The van der Waals surface area contributed by atoms with Crippen molar-refractivity contribution < 1.29 is 4.79 Å². The molecule has 0 radical (unpaired) electrons. The van der Waals surface area contributed by atoms with Crippen LogP contribution in [0.15, 0.2) is 30.5 Å². The van der Waals surface area contributed by atoms with E-state index in [1.165, 1.54) is 0 Å². The first-order chi connectivity index (χ1) is 9.22. The van der Waals surface area contributed by atoms with E-state index in [9.17, 15) is 4.79 Å². The number of carbonyl (C=O) groups is 1. The first-order valence-electron chi connectivity index (χ1n) is 6.57. The number of rotatable bonds is 5. The molecule has 100 valence electrons. The van der Waals surface area contributed by atoms with Crippen molar-refractivity contribution in [2.24, 2.45) is 0 Å². The zero-order valence-corrected chi connectivity index (χ0v) is 11.4. The minimum absolute atomic E-state index is 0.0231. The predicted octanol–water partition coefficient (Wildman–Crippen LogP) is 2.48. The maximum atomic E-state index is 11.8. The fourth-order valence-corrected chi connectivity index (χ4v) is 2.01. The fraction of sp³-hybridized carbons (Fsp3) is 0.333. The SMILES string of the molecule is CCNCCC(=O)Nc1ccc(C)c2ncccc12. The standard InChI is InChI=1S/C15H19N3O/c1-3-16-10-8-14(19)18-13-7-6-11(2)15-12(13)5-4-9-17-15/h4-7,9,16H,3,8,10H2,1-2H3,(H,18,19). The second-order valence-corrected chi connectivity index (χ2v) is 4.48. The Labute approximate surface area is 113 Å². The van der Waals surface area contributed by atoms with Crippen LogP contribution in [0.2, 0.25) is 0 Å². The van der Waals surface area contributed by atoms with Crippen molar-refractivity contribution in [3.63, 3.8) is 0 Å². The highest BCUT2D eigenvalue weighted by Gasteiger charge is 2.07. The van der Waals surface area contributed by atoms with Gasteiger partial charge >= 0.3 is 0 Å². The van der Waals surface area contributed by atoms with Gasteiger partial charge in [0.15, 0.2) is 0 Å². The molecule has 1 aromatic carbocycles. The number of aromatic nitrogens is 1. The minimum atomic E-state index is 0.0231. The van der Waals surface area contributed by atoms with Crippen LogP contribution in [0.1, 0.15) is 18.9 Å². The van der Waals surface area contributed by atoms with Gasteiger partial charge in [-0.05, 0) is 37.2 Å². The topological polar surface area (TPSA) is 54.0 Å². The van der Waals surface area contributed by atoms with Crippen LogP contribution in [0.4, 0.5) is 5.69 Å². The Morgan fingerprint density at radius 3 is 2.95 bits per heavy atom. The molecule has 0 fully saturated rings. The Morgan fingerprint density at radius 1 is 1.32 bits per heavy atom. The van der Waals surface area contributed by atoms with Gasteiger partial charge in [-0.15, -0.1) is 0 Å². The van der Waals surface area contributed by atoms with E-state index in [-0.39, 0.29) is 5.91 Å². The number of carbonyl (C=O) groups excluding carboxylic acids is 1. The highest BCUT2D eigenvalue weighted by Crippen LogP contribution is 2.24. The van der Waals surface area contributed by atoms with Crippen LogP contribution in [0, 0.1) is 6.92 Å². The molecule has 4 nitrogen and oxygen atoms in total. The second-order valence-electron chi connectivity index (χ2n) is 4.48. The predicted molar refractivity (Wildman–Crippen MR) is 78.3 cm³/mol. The summed E-state index contributed by atoms with van der Waals surface area (Å²) in [5, 5.41) is 7.08. The summed E-state index contributed by atoms with van der Waals surface area (Å²) in [5.74, 6) is 0.0231. The first kappa shape index (κ1) is 13.5. The van der Waals surface area contributed by atoms with Crippen LogP contribution in [-0.4, -0.2) is 24.0 Å². The molecule has 0 bridgehead atoms. The smallest absolute Gasteiger partial charge is 0.225 e. The molecule has 4 heteroatoms. The number of fused-ring (bicyclic) bond motifs is 1. The molecule has 1 heterocycles. The van der Waals surface area contributed by atoms with E-state index in [1.807, 2.05) is 38.1 Å². The lowest BCUT2D eigenvalue weighted by Crippen LogP contribution is -2.21. The van der Waals surface area contributed by atoms with Gasteiger partial charge in [0.25, 0.3) is 0 Å². The molecule has 2 aromatic rings. The molecule has 19 heavy (non-hydrogen) atoms. The molecule has 0 aliphatic carbocycles. The molecule has 0 saturated carbocycles. The number of benzene rings is 1. The maximum Gasteiger partial charge on any atom is 0.225 e. The van der Waals surface area contributed by atoms with Gasteiger partial charge in [0.1, 0.15) is 0 Å². The number of nitrogens with zero attached hydrogens (tertiary/aromatic N) is 1. The fourth-order valence-electron chi connectivity index (χ4n) is 2.01. The Morgan fingerprint density at radius 2 is 2.16 bits per heavy atom. The van der Waals surface area contributed by atoms with Crippen LogP contribution in [-0.2, 0) is 4.79 Å². The molecule has 0 unspecified atom stereocenters. The van der Waals surface area contributed by atoms with Gasteiger partial charge in [0.2, 0.25) is 5.91 Å². The van der Waals surface area contributed by atoms with Crippen LogP contribution in [0.3, 0.4) is 0 Å². The molecule has 0 saturated heterocycles. The lowest BCUT2D eigenvalue weighted by atomic mass is 10.1. The molecule has 0 spiro atoms. The molecule has 1 amide bonds. The summed E-state index contributed by atoms with van der Waals surface area (Å²) in [5.41, 5.74) is 2.88. The zero-order chi connectivity index (χ0) is 13.7. The Kier molecular flexibility index (Phi) is 4.47. The van der Waals surface area contributed by atoms with Crippen molar-refractivity contribution in [3.8, 4) is 0 Å². The third-order valence-corrected chi connectivity index (χ3v) is 3.02. The molecule has 0 aliphatic heterocycles. The Balaban J connectivity index is 2.17. The van der Waals surface area contributed by atoms with Crippen LogP contribution < -0.4 is 10.6 Å². The van der Waals surface area contributed by atoms with Crippen molar-refractivity contribution in [2.75, 3.05) is 18.4 Å². The second kappa shape index (κ2) is 6.29. The molecular weight excluding hydrogens is 238 g/mol. The van der Waals surface area contributed by atoms with Crippen LogP contribution >= 0.6 is 0 Å². The largest absolute Gasteiger partial charge is 0.325 e. The van der Waals surface area contributed by atoms with Crippen LogP contribution in [0.25, 0.3) is 10.9 Å². The average molecular weight is 257 g/mol. The van der Waals surface area contributed by atoms with E-state index < -0.39 is 0 Å². The Bertz CT molecular complexity index is 581. The van der Waals surface area contributed by atoms with Gasteiger partial charge in [0.05, 0.1) is 11.2 Å². The molecule has 1 aromatic heterocycles. The van der Waals surface area contributed by atoms with E-state index in [1.54, 1.807) is 6.20 Å². The molecule has 2 N–H and O–H groups in total. The number of amides is 1. The summed E-state index contributed by atoms with van der Waals surface area (Å²) >= 11 is 0. The van der Waals surface area contributed by atoms with Crippen molar-refractivity contribution in [1.82, 2.24) is 10.3 Å². The van der Waals surface area contributed by atoms with Gasteiger partial charge in [-0.1, -0.05) is 13.0 Å². The molecule has 0 atom stereocenters. The highest BCUT2D eigenvalue weighted by molar-refractivity contribution is 6.01. The lowest BCUT2D eigenvalue weighted by Gasteiger charge is -2.10. The zero-order valence-electron chi connectivity index (χ0n) is 11.4. The summed E-state index contributed by atoms with van der Waals surface area (Å²) in [4.78, 5) is 16.2. The van der Waals surface area contributed by atoms with Gasteiger partial charge in [-0.25, -0.2) is 0 Å². The number of aryl methyl sites for hydroxylation is 1. The molecule has 2 rings (SSSR count). The minimum Gasteiger partial charge on any atom is -0.325 e. The summed E-state index contributed by atoms with van der Waals surface area (Å²) in [6, 6.07) is 7.78. The summed E-state index contributed by atoms with van der Waals surface area (Å²) in [6.07, 6.45) is 2.25. The maximum absolute atomic E-state index is 11.8. The van der Waals surface area contributed by atoms with Gasteiger partial charge in [-0.3, -0.25) is 9.78 Å². The number of hydrogen-bond donors (Lipinski definition) is 2. The van der Waals surface area contributed by atoms with Gasteiger partial charge in [0, 0.05) is 24.5 Å². The highest BCUT2D eigenvalue weighted by atomic mass is 16.1. The van der Waals surface area contributed by atoms with E-state index in [0.29, 0.717) is 13.0 Å². The number of nitrogens with one attached hydrogen (secondary N) is 2. The molecule has 0 aliphatic rings. The van der Waals surface area contributed by atoms with E-state index >= 15 is 0 Å². The van der Waals surface area contributed by atoms with Gasteiger partial charge in [-0.2, -0.15) is 0 Å². The van der Waals surface area contributed by atoms with Crippen molar-refractivity contribution in [1.29, 1.82) is 0 Å². The van der Waals surface area contributed by atoms with Gasteiger partial charge < -0.3 is 10.6 Å². The normalized spacial score (nSPS) is 10.6. The van der Waals surface area contributed by atoms with E-state index in [4.69, 9.17) is 0 Å². The summed E-state index contributed by atoms with van der Waals surface area (Å²) in [6.45, 7) is 5.62. The monoisotopic (exact) mass is 257 g/mol. The Hall–Kier alpha value is -1.94. The first-order valence-corrected chi connectivity index (χ1v) is 6.57. The van der Waals surface area contributed by atoms with Crippen molar-refractivity contribution in [3.05, 3.63) is 36.0 Å². The number of anilines is 1. The number of pyridine rings is 1. The average Bonchev–Trinajstić information content (AvgIpc) is 2.43. The van der Waals surface area contributed by atoms with Crippen molar-refractivity contribution in [2.45, 2.75) is 20.3 Å². The lowest BCUT2D eigenvalue weighted by molar-refractivity contribution is -0.116. The van der Waals surface area contributed by atoms with Crippen molar-refractivity contribution >= 4 is 22.5 Å². The molecular formula is C15H19N3O. The summed E-state index contributed by atoms with van der Waals surface area (Å²) < 4.78 is 0. The third kappa shape index (κ3) is 3.29. The summed E-state index contributed by atoms with van der Waals surface area (Å²) in [7, 11) is 0. The quantitative estimate of drug-likeness (QED) is 0.809. The third-order valence-electron chi connectivity index (χ3n) is 3.02. The van der Waals surface area contributed by atoms with Crippen LogP contribution in [0.5, 0.6) is 0 Å². The number of hydrogen-bond acceptors (Lipinski definition) is 3.